The normalized spacial score (nSPS) is 10.8. The summed E-state index contributed by atoms with van der Waals surface area (Å²) in [6.45, 7) is 0.160. The summed E-state index contributed by atoms with van der Waals surface area (Å²) < 4.78 is 22.2. The van der Waals surface area contributed by atoms with Gasteiger partial charge in [0.15, 0.2) is 6.61 Å². The smallest absolute Gasteiger partial charge is 0.277 e. The summed E-state index contributed by atoms with van der Waals surface area (Å²) in [5, 5.41) is 17.1. The maximum atomic E-state index is 5.85. The number of para-hydroxylation sites is 1. The molecule has 0 spiro atoms. The number of benzene rings is 2. The highest BCUT2D eigenvalue weighted by atomic mass is 35.5. The van der Waals surface area contributed by atoms with Crippen LogP contribution in [-0.4, -0.2) is 27.5 Å². The van der Waals surface area contributed by atoms with Crippen molar-refractivity contribution in [3.8, 4) is 23.0 Å². The van der Waals surface area contributed by atoms with E-state index in [-0.39, 0.29) is 6.61 Å². The number of hydrogen-bond donors (Lipinski definition) is 0. The van der Waals surface area contributed by atoms with Gasteiger partial charge in [-0.2, -0.15) is 0 Å². The quantitative estimate of drug-likeness (QED) is 0.370. The minimum atomic E-state index is 0.160. The molecule has 8 nitrogen and oxygen atoms in total. The van der Waals surface area contributed by atoms with Crippen LogP contribution in [0, 0.1) is 0 Å². The molecule has 0 amide bonds. The Balaban J connectivity index is 1.33. The van der Waals surface area contributed by atoms with Crippen LogP contribution in [0.25, 0.3) is 11.5 Å². The van der Waals surface area contributed by atoms with Gasteiger partial charge >= 0.3 is 0 Å². The molecular formula is C19H15ClN4O4S. The molecule has 10 heteroatoms. The third-order valence-corrected chi connectivity index (χ3v) is 4.80. The molecule has 29 heavy (non-hydrogen) atoms. The summed E-state index contributed by atoms with van der Waals surface area (Å²) in [6, 6.07) is 14.5. The maximum absolute atomic E-state index is 5.85. The molecule has 0 N–H and O–H groups in total. The van der Waals surface area contributed by atoms with Crippen molar-refractivity contribution in [3.05, 3.63) is 65.3 Å². The zero-order chi connectivity index (χ0) is 20.1. The first-order valence-corrected chi connectivity index (χ1v) is 9.87. The Morgan fingerprint density at radius 1 is 0.931 bits per heavy atom. The Kier molecular flexibility index (Phi) is 5.97. The van der Waals surface area contributed by atoms with Crippen molar-refractivity contribution in [1.82, 2.24) is 20.4 Å². The molecular weight excluding hydrogens is 416 g/mol. The van der Waals surface area contributed by atoms with Crippen LogP contribution in [0.15, 0.2) is 62.6 Å². The molecule has 4 rings (SSSR count). The van der Waals surface area contributed by atoms with E-state index < -0.39 is 0 Å². The number of hydrogen-bond acceptors (Lipinski definition) is 9. The van der Waals surface area contributed by atoms with Gasteiger partial charge in [0.1, 0.15) is 11.5 Å². The minimum Gasteiger partial charge on any atom is -0.496 e. The molecule has 0 aliphatic carbocycles. The van der Waals surface area contributed by atoms with E-state index >= 15 is 0 Å². The lowest BCUT2D eigenvalue weighted by molar-refractivity contribution is 0.252. The topological polar surface area (TPSA) is 96.3 Å². The molecule has 0 aliphatic heterocycles. The Labute approximate surface area is 175 Å². The lowest BCUT2D eigenvalue weighted by Gasteiger charge is -2.03. The molecule has 2 heterocycles. The first kappa shape index (κ1) is 19.3. The zero-order valence-electron chi connectivity index (χ0n) is 15.2. The van der Waals surface area contributed by atoms with Crippen molar-refractivity contribution in [3.63, 3.8) is 0 Å². The van der Waals surface area contributed by atoms with Crippen LogP contribution in [0.3, 0.4) is 0 Å². The van der Waals surface area contributed by atoms with Crippen LogP contribution in [0.2, 0.25) is 5.02 Å². The van der Waals surface area contributed by atoms with Gasteiger partial charge in [0.2, 0.25) is 5.89 Å². The summed E-state index contributed by atoms with van der Waals surface area (Å²) in [4.78, 5) is 0. The molecule has 0 fully saturated rings. The van der Waals surface area contributed by atoms with Crippen molar-refractivity contribution in [2.24, 2.45) is 0 Å². The predicted molar refractivity (Wildman–Crippen MR) is 106 cm³/mol. The van der Waals surface area contributed by atoms with Crippen molar-refractivity contribution in [1.29, 1.82) is 0 Å². The summed E-state index contributed by atoms with van der Waals surface area (Å²) in [6.07, 6.45) is 0. The summed E-state index contributed by atoms with van der Waals surface area (Å²) in [5.41, 5.74) is 0.734. The number of nitrogens with zero attached hydrogens (tertiary/aromatic N) is 4. The molecule has 2 aromatic carbocycles. The van der Waals surface area contributed by atoms with Crippen LogP contribution in [0.4, 0.5) is 0 Å². The molecule has 0 aliphatic rings. The van der Waals surface area contributed by atoms with E-state index in [4.69, 9.17) is 29.9 Å². The fourth-order valence-corrected chi connectivity index (χ4v) is 3.14. The molecule has 0 bridgehead atoms. The number of methoxy groups -OCH3 is 1. The summed E-state index contributed by atoms with van der Waals surface area (Å²) >= 11 is 7.14. The van der Waals surface area contributed by atoms with Crippen LogP contribution in [-0.2, 0) is 12.4 Å². The van der Waals surface area contributed by atoms with Crippen molar-refractivity contribution in [2.75, 3.05) is 7.11 Å². The van der Waals surface area contributed by atoms with Gasteiger partial charge in [-0.3, -0.25) is 0 Å². The number of halogens is 1. The highest BCUT2D eigenvalue weighted by Gasteiger charge is 2.15. The zero-order valence-corrected chi connectivity index (χ0v) is 16.8. The van der Waals surface area contributed by atoms with Gasteiger partial charge in [-0.25, -0.2) is 0 Å². The van der Waals surface area contributed by atoms with E-state index in [0.717, 1.165) is 5.56 Å². The van der Waals surface area contributed by atoms with Crippen molar-refractivity contribution >= 4 is 23.4 Å². The lowest BCUT2D eigenvalue weighted by atomic mass is 10.2. The van der Waals surface area contributed by atoms with Gasteiger partial charge in [-0.05, 0) is 36.4 Å². The van der Waals surface area contributed by atoms with Crippen LogP contribution in [0.5, 0.6) is 11.5 Å². The second-order valence-corrected chi connectivity index (χ2v) is 7.06. The number of aromatic nitrogens is 4. The highest BCUT2D eigenvalue weighted by Crippen LogP contribution is 2.29. The van der Waals surface area contributed by atoms with Gasteiger partial charge in [0.05, 0.1) is 18.4 Å². The standard InChI is InChI=1S/C19H15ClN4O4S/c1-25-15-5-3-2-4-14(15)18-23-22-17(27-18)11-29-19-24-21-16(28-19)10-26-13-8-6-12(20)7-9-13/h2-9H,10-11H2,1H3. The monoisotopic (exact) mass is 430 g/mol. The van der Waals surface area contributed by atoms with E-state index in [1.54, 1.807) is 31.4 Å². The lowest BCUT2D eigenvalue weighted by Crippen LogP contribution is -1.95. The van der Waals surface area contributed by atoms with Crippen molar-refractivity contribution < 1.29 is 18.3 Å². The predicted octanol–water partition coefficient (Wildman–Crippen LogP) is 4.65. The first-order chi connectivity index (χ1) is 14.2. The first-order valence-electron chi connectivity index (χ1n) is 8.50. The van der Waals surface area contributed by atoms with Crippen LogP contribution < -0.4 is 9.47 Å². The maximum Gasteiger partial charge on any atom is 0.277 e. The summed E-state index contributed by atoms with van der Waals surface area (Å²) in [5.74, 6) is 2.91. The van der Waals surface area contributed by atoms with Gasteiger partial charge in [0.25, 0.3) is 17.0 Å². The Bertz CT molecular complexity index is 1080. The van der Waals surface area contributed by atoms with E-state index in [1.807, 2.05) is 24.3 Å². The third kappa shape index (κ3) is 4.87. The van der Waals surface area contributed by atoms with Gasteiger partial charge in [-0.15, -0.1) is 20.4 Å². The van der Waals surface area contributed by atoms with E-state index in [1.165, 1.54) is 11.8 Å². The van der Waals surface area contributed by atoms with Gasteiger partial charge in [0, 0.05) is 5.02 Å². The third-order valence-electron chi connectivity index (χ3n) is 3.75. The molecule has 2 aromatic heterocycles. The number of rotatable bonds is 8. The average Bonchev–Trinajstić information content (AvgIpc) is 3.41. The van der Waals surface area contributed by atoms with Gasteiger partial charge < -0.3 is 18.3 Å². The average molecular weight is 431 g/mol. The molecule has 0 radical (unpaired) electrons. The van der Waals surface area contributed by atoms with Crippen molar-refractivity contribution in [2.45, 2.75) is 17.6 Å². The second-order valence-electron chi connectivity index (χ2n) is 5.69. The number of thioether (sulfide) groups is 1. The Morgan fingerprint density at radius 2 is 1.72 bits per heavy atom. The number of ether oxygens (including phenoxy) is 2. The molecule has 0 saturated carbocycles. The fourth-order valence-electron chi connectivity index (χ4n) is 2.40. The molecule has 4 aromatic rings. The molecule has 0 saturated heterocycles. The summed E-state index contributed by atoms with van der Waals surface area (Å²) in [7, 11) is 1.59. The van der Waals surface area contributed by atoms with E-state index in [0.29, 0.717) is 45.2 Å². The highest BCUT2D eigenvalue weighted by molar-refractivity contribution is 7.98. The molecule has 148 valence electrons. The van der Waals surface area contributed by atoms with Gasteiger partial charge in [-0.1, -0.05) is 35.5 Å². The van der Waals surface area contributed by atoms with E-state index in [9.17, 15) is 0 Å². The van der Waals surface area contributed by atoms with E-state index in [2.05, 4.69) is 20.4 Å². The second kappa shape index (κ2) is 8.97. The van der Waals surface area contributed by atoms with Crippen LogP contribution in [0.1, 0.15) is 11.8 Å². The minimum absolute atomic E-state index is 0.160. The molecule has 0 atom stereocenters. The Morgan fingerprint density at radius 3 is 2.55 bits per heavy atom. The van der Waals surface area contributed by atoms with Crippen LogP contribution >= 0.6 is 23.4 Å². The largest absolute Gasteiger partial charge is 0.496 e. The molecule has 0 unspecified atom stereocenters. The Hall–Kier alpha value is -3.04. The SMILES string of the molecule is COc1ccccc1-c1nnc(CSc2nnc(COc3ccc(Cl)cc3)o2)o1. The fraction of sp³-hybridized carbons (Fsp3) is 0.158.